The second-order valence-corrected chi connectivity index (χ2v) is 5.15. The van der Waals surface area contributed by atoms with Gasteiger partial charge < -0.3 is 25.4 Å². The van der Waals surface area contributed by atoms with Crippen LogP contribution in [0.3, 0.4) is 0 Å². The third-order valence-corrected chi connectivity index (χ3v) is 3.17. The molecule has 0 spiro atoms. The Hall–Kier alpha value is -2.09. The van der Waals surface area contributed by atoms with E-state index in [2.05, 4.69) is 15.3 Å². The molecule has 112 valence electrons. The Morgan fingerprint density at radius 3 is 2.65 bits per heavy atom. The van der Waals surface area contributed by atoms with Crippen molar-refractivity contribution in [2.24, 2.45) is 0 Å². The first kappa shape index (κ1) is 16.0. The van der Waals surface area contributed by atoms with Crippen molar-refractivity contribution >= 4 is 12.0 Å². The lowest BCUT2D eigenvalue weighted by Crippen LogP contribution is -2.55. The van der Waals surface area contributed by atoms with Crippen LogP contribution in [0.15, 0.2) is 12.5 Å². The molecule has 1 atom stereocenters. The van der Waals surface area contributed by atoms with Crippen molar-refractivity contribution in [3.8, 4) is 0 Å². The molecule has 8 heteroatoms. The Bertz CT molecular complexity index is 458. The number of imidazole rings is 1. The average molecular weight is 284 g/mol. The van der Waals surface area contributed by atoms with Crippen LogP contribution in [0.5, 0.6) is 0 Å². The lowest BCUT2D eigenvalue weighted by molar-refractivity contribution is -0.139. The number of carboxylic acids is 1. The van der Waals surface area contributed by atoms with Gasteiger partial charge in [-0.25, -0.2) is 14.6 Å². The molecule has 0 aromatic carbocycles. The highest BCUT2D eigenvalue weighted by Gasteiger charge is 2.30. The zero-order valence-electron chi connectivity index (χ0n) is 11.8. The third kappa shape index (κ3) is 3.95. The van der Waals surface area contributed by atoms with Crippen molar-refractivity contribution in [2.75, 3.05) is 13.7 Å². The van der Waals surface area contributed by atoms with E-state index >= 15 is 0 Å². The van der Waals surface area contributed by atoms with Gasteiger partial charge in [0, 0.05) is 25.4 Å². The average Bonchev–Trinajstić information content (AvgIpc) is 2.89. The molecule has 8 nitrogen and oxygen atoms in total. The molecule has 0 aliphatic heterocycles. The quantitative estimate of drug-likeness (QED) is 0.578. The number of nitrogens with one attached hydrogen (secondary N) is 2. The maximum absolute atomic E-state index is 12.0. The van der Waals surface area contributed by atoms with Crippen LogP contribution >= 0.6 is 0 Å². The van der Waals surface area contributed by atoms with E-state index in [4.69, 9.17) is 5.11 Å². The van der Waals surface area contributed by atoms with E-state index in [1.54, 1.807) is 13.8 Å². The van der Waals surface area contributed by atoms with E-state index in [-0.39, 0.29) is 13.0 Å². The summed E-state index contributed by atoms with van der Waals surface area (Å²) in [6.45, 7) is 3.13. The van der Waals surface area contributed by atoms with E-state index in [0.29, 0.717) is 5.69 Å². The van der Waals surface area contributed by atoms with Crippen molar-refractivity contribution < 1.29 is 19.8 Å². The third-order valence-electron chi connectivity index (χ3n) is 3.17. The largest absolute Gasteiger partial charge is 0.480 e. The Kier molecular flexibility index (Phi) is 5.09. The minimum absolute atomic E-state index is 0.106. The van der Waals surface area contributed by atoms with Gasteiger partial charge in [-0.05, 0) is 13.8 Å². The number of rotatable bonds is 6. The number of nitrogens with zero attached hydrogens (tertiary/aromatic N) is 2. The summed E-state index contributed by atoms with van der Waals surface area (Å²) in [5.74, 6) is -1.14. The van der Waals surface area contributed by atoms with Crippen LogP contribution in [0.1, 0.15) is 19.5 Å². The van der Waals surface area contributed by atoms with Gasteiger partial charge in [-0.15, -0.1) is 0 Å². The zero-order chi connectivity index (χ0) is 15.3. The van der Waals surface area contributed by atoms with Gasteiger partial charge in [0.05, 0.1) is 18.5 Å². The van der Waals surface area contributed by atoms with Gasteiger partial charge in [-0.3, -0.25) is 0 Å². The second kappa shape index (κ2) is 6.38. The van der Waals surface area contributed by atoms with Crippen LogP contribution in [-0.4, -0.2) is 62.3 Å². The summed E-state index contributed by atoms with van der Waals surface area (Å²) in [5.41, 5.74) is -0.164. The molecular formula is C12H20N4O4. The van der Waals surface area contributed by atoms with E-state index in [1.807, 2.05) is 0 Å². The van der Waals surface area contributed by atoms with Crippen LogP contribution in [0, 0.1) is 0 Å². The first-order valence-corrected chi connectivity index (χ1v) is 6.13. The molecular weight excluding hydrogens is 264 g/mol. The number of aliphatic hydroxyl groups excluding tert-OH is 1. The maximum Gasteiger partial charge on any atom is 0.326 e. The molecule has 20 heavy (non-hydrogen) atoms. The van der Waals surface area contributed by atoms with Crippen LogP contribution in [0.4, 0.5) is 4.79 Å². The number of hydrogen-bond acceptors (Lipinski definition) is 4. The number of carbonyl (C=O) groups excluding carboxylic acids is 1. The summed E-state index contributed by atoms with van der Waals surface area (Å²) >= 11 is 0. The first-order chi connectivity index (χ1) is 9.27. The number of aliphatic carboxylic acids is 1. The number of hydrogen-bond donors (Lipinski definition) is 4. The van der Waals surface area contributed by atoms with Crippen molar-refractivity contribution in [1.29, 1.82) is 0 Å². The number of aliphatic hydroxyl groups is 1. The summed E-state index contributed by atoms with van der Waals surface area (Å²) in [6, 6.07) is -1.63. The zero-order valence-corrected chi connectivity index (χ0v) is 11.8. The molecule has 0 fully saturated rings. The predicted octanol–water partition coefficient (Wildman–Crippen LogP) is -0.182. The Morgan fingerprint density at radius 2 is 2.20 bits per heavy atom. The lowest BCUT2D eigenvalue weighted by Gasteiger charge is -2.34. The molecule has 0 aliphatic rings. The van der Waals surface area contributed by atoms with Crippen molar-refractivity contribution in [3.05, 3.63) is 18.2 Å². The van der Waals surface area contributed by atoms with Gasteiger partial charge in [0.15, 0.2) is 0 Å². The van der Waals surface area contributed by atoms with E-state index in [0.717, 1.165) is 0 Å². The normalized spacial score (nSPS) is 12.8. The highest BCUT2D eigenvalue weighted by molar-refractivity contribution is 5.83. The predicted molar refractivity (Wildman–Crippen MR) is 71.2 cm³/mol. The maximum atomic E-state index is 12.0. The molecule has 0 aliphatic carbocycles. The lowest BCUT2D eigenvalue weighted by atomic mass is 10.1. The number of aromatic amines is 1. The standard InChI is InChI=1S/C12H20N4O4/c1-12(2,6-17)16(3)11(20)15-9(10(18)19)4-8-5-13-7-14-8/h5,7,9,17H,4,6H2,1-3H3,(H,13,14)(H,15,20)(H,18,19)/t9-/m0/s1. The summed E-state index contributed by atoms with van der Waals surface area (Å²) in [6.07, 6.45) is 3.05. The highest BCUT2D eigenvalue weighted by Crippen LogP contribution is 2.11. The molecule has 0 saturated heterocycles. The van der Waals surface area contributed by atoms with Gasteiger partial charge >= 0.3 is 12.0 Å². The number of aromatic nitrogens is 2. The van der Waals surface area contributed by atoms with E-state index in [9.17, 15) is 14.7 Å². The Morgan fingerprint density at radius 1 is 1.55 bits per heavy atom. The van der Waals surface area contributed by atoms with Crippen molar-refractivity contribution in [2.45, 2.75) is 31.8 Å². The van der Waals surface area contributed by atoms with Gasteiger partial charge in [0.2, 0.25) is 0 Å². The van der Waals surface area contributed by atoms with Crippen LogP contribution in [0.25, 0.3) is 0 Å². The minimum Gasteiger partial charge on any atom is -0.480 e. The monoisotopic (exact) mass is 284 g/mol. The minimum atomic E-state index is -1.14. The van der Waals surface area contributed by atoms with Gasteiger partial charge in [0.1, 0.15) is 6.04 Å². The fourth-order valence-corrected chi connectivity index (χ4v) is 1.44. The SMILES string of the molecule is CN(C(=O)N[C@@H](Cc1cnc[nH]1)C(=O)O)C(C)(C)CO. The molecule has 1 rings (SSSR count). The number of urea groups is 1. The van der Waals surface area contributed by atoms with Crippen molar-refractivity contribution in [1.82, 2.24) is 20.2 Å². The molecule has 0 saturated carbocycles. The first-order valence-electron chi connectivity index (χ1n) is 6.13. The Labute approximate surface area is 116 Å². The summed E-state index contributed by atoms with van der Waals surface area (Å²) in [7, 11) is 1.50. The van der Waals surface area contributed by atoms with Crippen LogP contribution < -0.4 is 5.32 Å². The molecule has 0 bridgehead atoms. The number of carbonyl (C=O) groups is 2. The molecule has 0 radical (unpaired) electrons. The van der Waals surface area contributed by atoms with Crippen LogP contribution in [-0.2, 0) is 11.2 Å². The van der Waals surface area contributed by atoms with Gasteiger partial charge in [0.25, 0.3) is 0 Å². The molecule has 0 unspecified atom stereocenters. The number of likely N-dealkylation sites (N-methyl/N-ethyl adjacent to an activating group) is 1. The second-order valence-electron chi connectivity index (χ2n) is 5.15. The molecule has 1 heterocycles. The van der Waals surface area contributed by atoms with Crippen molar-refractivity contribution in [3.63, 3.8) is 0 Å². The summed E-state index contributed by atoms with van der Waals surface area (Å²) in [5, 5.41) is 20.8. The number of amides is 2. The smallest absolute Gasteiger partial charge is 0.326 e. The van der Waals surface area contributed by atoms with Crippen LogP contribution in [0.2, 0.25) is 0 Å². The van der Waals surface area contributed by atoms with Gasteiger partial charge in [-0.2, -0.15) is 0 Å². The number of H-pyrrole nitrogens is 1. The summed E-state index contributed by atoms with van der Waals surface area (Å²) in [4.78, 5) is 31.0. The van der Waals surface area contributed by atoms with Gasteiger partial charge in [-0.1, -0.05) is 0 Å². The fraction of sp³-hybridized carbons (Fsp3) is 0.583. The number of carboxylic acid groups (broad SMARTS) is 1. The molecule has 2 amide bonds. The molecule has 1 aromatic rings. The summed E-state index contributed by atoms with van der Waals surface area (Å²) < 4.78 is 0. The fourth-order valence-electron chi connectivity index (χ4n) is 1.44. The topological polar surface area (TPSA) is 119 Å². The highest BCUT2D eigenvalue weighted by atomic mass is 16.4. The van der Waals surface area contributed by atoms with E-state index < -0.39 is 23.6 Å². The molecule has 4 N–H and O–H groups in total. The molecule has 1 aromatic heterocycles. The van der Waals surface area contributed by atoms with E-state index in [1.165, 1.54) is 24.5 Å². The Balaban J connectivity index is 2.71.